The van der Waals surface area contributed by atoms with E-state index in [0.717, 1.165) is 0 Å². The molecular formula is C16H33NO3Si. The smallest absolute Gasteiger partial charge is 0.220 e. The van der Waals surface area contributed by atoms with Crippen LogP contribution >= 0.6 is 0 Å². The Balaban J connectivity index is 2.56. The zero-order valence-corrected chi connectivity index (χ0v) is 15.5. The molecule has 0 aromatic rings. The predicted octanol–water partition coefficient (Wildman–Crippen LogP) is 3.07. The lowest BCUT2D eigenvalue weighted by molar-refractivity contribution is -0.119. The summed E-state index contributed by atoms with van der Waals surface area (Å²) in [7, 11) is -1.84. The van der Waals surface area contributed by atoms with Crippen LogP contribution in [0, 0.1) is 5.92 Å². The number of hydrogen-bond donors (Lipinski definition) is 2. The number of amides is 1. The second kappa shape index (κ2) is 7.74. The second-order valence-electron chi connectivity index (χ2n) is 7.29. The fourth-order valence-corrected chi connectivity index (χ4v) is 9.46. The first-order chi connectivity index (χ1) is 9.71. The molecule has 4 nitrogen and oxygen atoms in total. The molecule has 21 heavy (non-hydrogen) atoms. The van der Waals surface area contributed by atoms with E-state index in [2.05, 4.69) is 46.9 Å². The summed E-state index contributed by atoms with van der Waals surface area (Å²) in [5.41, 5.74) is 1.68. The van der Waals surface area contributed by atoms with Gasteiger partial charge in [-0.2, -0.15) is 0 Å². The first-order valence-corrected chi connectivity index (χ1v) is 10.4. The minimum absolute atomic E-state index is 0.0503. The quantitative estimate of drug-likeness (QED) is 0.677. The number of nitrogens with one attached hydrogen (secondary N) is 1. The van der Waals surface area contributed by atoms with E-state index in [0.29, 0.717) is 42.6 Å². The van der Waals surface area contributed by atoms with E-state index in [1.165, 1.54) is 0 Å². The molecule has 1 rings (SSSR count). The van der Waals surface area contributed by atoms with Gasteiger partial charge in [-0.05, 0) is 23.0 Å². The van der Waals surface area contributed by atoms with Crippen molar-refractivity contribution in [2.24, 2.45) is 5.92 Å². The van der Waals surface area contributed by atoms with Crippen molar-refractivity contribution in [1.29, 1.82) is 0 Å². The molecule has 0 aliphatic carbocycles. The van der Waals surface area contributed by atoms with Crippen molar-refractivity contribution in [1.82, 2.24) is 5.32 Å². The highest BCUT2D eigenvalue weighted by Gasteiger charge is 2.45. The lowest BCUT2D eigenvalue weighted by Crippen LogP contribution is -2.48. The summed E-state index contributed by atoms with van der Waals surface area (Å²) in [5.74, 6) is 0.101. The van der Waals surface area contributed by atoms with Crippen LogP contribution in [0.5, 0.6) is 0 Å². The summed E-state index contributed by atoms with van der Waals surface area (Å²) in [5, 5.41) is 13.0. The topological polar surface area (TPSA) is 58.6 Å². The third kappa shape index (κ3) is 4.30. The minimum atomic E-state index is -1.84. The van der Waals surface area contributed by atoms with Gasteiger partial charge in [-0.3, -0.25) is 4.79 Å². The van der Waals surface area contributed by atoms with Crippen LogP contribution in [-0.2, 0) is 9.22 Å². The average molecular weight is 316 g/mol. The van der Waals surface area contributed by atoms with E-state index in [1.807, 2.05) is 0 Å². The zero-order chi connectivity index (χ0) is 16.2. The third-order valence-corrected chi connectivity index (χ3v) is 11.1. The molecule has 0 spiro atoms. The number of hydrogen-bond acceptors (Lipinski definition) is 3. The van der Waals surface area contributed by atoms with Crippen LogP contribution in [0.2, 0.25) is 16.6 Å². The second-order valence-corrected chi connectivity index (χ2v) is 12.8. The number of carbonyl (C=O) groups excluding carboxylic acids is 1. The fraction of sp³-hybridized carbons (Fsp3) is 0.938. The first-order valence-electron chi connectivity index (χ1n) is 8.30. The lowest BCUT2D eigenvalue weighted by atomic mass is 9.99. The Kier molecular flexibility index (Phi) is 6.88. The van der Waals surface area contributed by atoms with Crippen molar-refractivity contribution >= 4 is 14.2 Å². The lowest BCUT2D eigenvalue weighted by Gasteiger charge is -2.42. The summed E-state index contributed by atoms with van der Waals surface area (Å²) >= 11 is 0. The molecule has 1 aliphatic heterocycles. The third-order valence-electron chi connectivity index (χ3n) is 5.03. The SMILES string of the molecule is CC(C)[Si](OCCC(O)C1CNC(=O)C1)(C(C)C)C(C)C. The van der Waals surface area contributed by atoms with E-state index in [1.54, 1.807) is 0 Å². The van der Waals surface area contributed by atoms with Gasteiger partial charge in [0.05, 0.1) is 6.10 Å². The van der Waals surface area contributed by atoms with Crippen LogP contribution in [0.3, 0.4) is 0 Å². The van der Waals surface area contributed by atoms with E-state index < -0.39 is 14.4 Å². The molecule has 124 valence electrons. The van der Waals surface area contributed by atoms with Gasteiger partial charge >= 0.3 is 0 Å². The Labute approximate surface area is 130 Å². The van der Waals surface area contributed by atoms with Crippen molar-refractivity contribution in [3.05, 3.63) is 0 Å². The number of carbonyl (C=O) groups is 1. The molecule has 0 bridgehead atoms. The standard InChI is InChI=1S/C16H33NO3Si/c1-11(2)21(12(3)4,13(5)6)20-8-7-15(18)14-9-16(19)17-10-14/h11-15,18H,7-10H2,1-6H3,(H,17,19). The maximum atomic E-state index is 11.2. The molecule has 0 radical (unpaired) electrons. The zero-order valence-electron chi connectivity index (χ0n) is 14.5. The Morgan fingerprint density at radius 3 is 2.10 bits per heavy atom. The number of rotatable bonds is 8. The monoisotopic (exact) mass is 315 g/mol. The van der Waals surface area contributed by atoms with Gasteiger partial charge in [0.15, 0.2) is 8.32 Å². The maximum Gasteiger partial charge on any atom is 0.220 e. The molecule has 1 amide bonds. The minimum Gasteiger partial charge on any atom is -0.416 e. The average Bonchev–Trinajstić information content (AvgIpc) is 2.79. The normalized spacial score (nSPS) is 21.4. The van der Waals surface area contributed by atoms with E-state index in [9.17, 15) is 9.90 Å². The van der Waals surface area contributed by atoms with Gasteiger partial charge in [0.1, 0.15) is 0 Å². The van der Waals surface area contributed by atoms with Gasteiger partial charge in [0.2, 0.25) is 5.91 Å². The molecular weight excluding hydrogens is 282 g/mol. The van der Waals surface area contributed by atoms with Crippen LogP contribution in [0.25, 0.3) is 0 Å². The Bertz CT molecular complexity index is 323. The Morgan fingerprint density at radius 2 is 1.71 bits per heavy atom. The molecule has 1 heterocycles. The van der Waals surface area contributed by atoms with Crippen LogP contribution in [-0.4, -0.2) is 38.6 Å². The van der Waals surface area contributed by atoms with E-state index >= 15 is 0 Å². The predicted molar refractivity (Wildman–Crippen MR) is 88.7 cm³/mol. The molecule has 1 aliphatic rings. The van der Waals surface area contributed by atoms with Crippen LogP contribution < -0.4 is 5.32 Å². The van der Waals surface area contributed by atoms with Gasteiger partial charge < -0.3 is 14.8 Å². The highest BCUT2D eigenvalue weighted by atomic mass is 28.4. The van der Waals surface area contributed by atoms with Crippen LogP contribution in [0.15, 0.2) is 0 Å². The van der Waals surface area contributed by atoms with Gasteiger partial charge in [0, 0.05) is 25.5 Å². The van der Waals surface area contributed by atoms with Crippen molar-refractivity contribution in [2.75, 3.05) is 13.2 Å². The largest absolute Gasteiger partial charge is 0.416 e. The maximum absolute atomic E-state index is 11.2. The summed E-state index contributed by atoms with van der Waals surface area (Å²) in [6, 6.07) is 0. The molecule has 1 saturated heterocycles. The first kappa shape index (κ1) is 18.7. The van der Waals surface area contributed by atoms with E-state index in [-0.39, 0.29) is 11.8 Å². The molecule has 2 atom stereocenters. The summed E-state index contributed by atoms with van der Waals surface area (Å²) in [4.78, 5) is 11.2. The Morgan fingerprint density at radius 1 is 1.19 bits per heavy atom. The molecule has 2 N–H and O–H groups in total. The van der Waals surface area contributed by atoms with Crippen molar-refractivity contribution in [3.63, 3.8) is 0 Å². The van der Waals surface area contributed by atoms with Gasteiger partial charge in [-0.15, -0.1) is 0 Å². The van der Waals surface area contributed by atoms with Gasteiger partial charge in [-0.25, -0.2) is 0 Å². The molecule has 5 heteroatoms. The molecule has 1 fully saturated rings. The van der Waals surface area contributed by atoms with Crippen LogP contribution in [0.4, 0.5) is 0 Å². The fourth-order valence-electron chi connectivity index (χ4n) is 3.99. The van der Waals surface area contributed by atoms with Gasteiger partial charge in [0.25, 0.3) is 0 Å². The van der Waals surface area contributed by atoms with Crippen molar-refractivity contribution in [2.45, 2.75) is 77.1 Å². The summed E-state index contributed by atoms with van der Waals surface area (Å²) in [6.45, 7) is 14.8. The van der Waals surface area contributed by atoms with Crippen molar-refractivity contribution in [3.8, 4) is 0 Å². The Hall–Kier alpha value is -0.393. The number of aliphatic hydroxyl groups is 1. The molecule has 0 aromatic carbocycles. The number of aliphatic hydroxyl groups excluding tert-OH is 1. The van der Waals surface area contributed by atoms with Crippen molar-refractivity contribution < 1.29 is 14.3 Å². The molecule has 0 aromatic heterocycles. The van der Waals surface area contributed by atoms with E-state index in [4.69, 9.17) is 4.43 Å². The summed E-state index contributed by atoms with van der Waals surface area (Å²) < 4.78 is 6.44. The highest BCUT2D eigenvalue weighted by Crippen LogP contribution is 2.42. The van der Waals surface area contributed by atoms with Gasteiger partial charge in [-0.1, -0.05) is 41.5 Å². The molecule has 2 unspecified atom stereocenters. The summed E-state index contributed by atoms with van der Waals surface area (Å²) in [6.07, 6.45) is 0.630. The van der Waals surface area contributed by atoms with Crippen LogP contribution in [0.1, 0.15) is 54.4 Å². The molecule has 0 saturated carbocycles. The highest BCUT2D eigenvalue weighted by molar-refractivity contribution is 6.77.